The van der Waals surface area contributed by atoms with E-state index in [4.69, 9.17) is 0 Å². The molecule has 0 aromatic heterocycles. The fourth-order valence-corrected chi connectivity index (χ4v) is 1.96. The highest BCUT2D eigenvalue weighted by atomic mass is 79.9. The second-order valence-corrected chi connectivity index (χ2v) is 5.19. The molecule has 14 heavy (non-hydrogen) atoms. The number of aryl methyl sites for hydroxylation is 1. The molecular weight excluding hydrogens is 306 g/mol. The molecule has 1 nitrogen and oxygen atoms in total. The van der Waals surface area contributed by atoms with Crippen molar-refractivity contribution in [3.63, 3.8) is 0 Å². The molecule has 3 heteroatoms. The topological polar surface area (TPSA) is 12.0 Å². The van der Waals surface area contributed by atoms with E-state index in [0.29, 0.717) is 0 Å². The van der Waals surface area contributed by atoms with Crippen LogP contribution < -0.4 is 5.32 Å². The summed E-state index contributed by atoms with van der Waals surface area (Å²) in [7, 11) is 0. The van der Waals surface area contributed by atoms with Crippen LogP contribution in [-0.2, 0) is 6.54 Å². The molecule has 1 rings (SSSR count). The van der Waals surface area contributed by atoms with Gasteiger partial charge in [0.1, 0.15) is 0 Å². The van der Waals surface area contributed by atoms with Crippen molar-refractivity contribution in [3.8, 4) is 0 Å². The van der Waals surface area contributed by atoms with Gasteiger partial charge in [0.05, 0.1) is 0 Å². The smallest absolute Gasteiger partial charge is 0.0268 e. The fourth-order valence-electron chi connectivity index (χ4n) is 1.13. The van der Waals surface area contributed by atoms with E-state index >= 15 is 0 Å². The zero-order valence-electron chi connectivity index (χ0n) is 8.11. The molecule has 1 aromatic carbocycles. The van der Waals surface area contributed by atoms with Crippen molar-refractivity contribution >= 4 is 31.9 Å². The maximum absolute atomic E-state index is 3.77. The molecule has 1 N–H and O–H groups in total. The minimum atomic E-state index is 0.792. The standard InChI is InChI=1S/C11H13Br2N/c1-8-3-4-10(11(13)5-8)7-14-6-9(2)12/h3-5,14H,2,6-7H2,1H3. The van der Waals surface area contributed by atoms with Crippen molar-refractivity contribution in [3.05, 3.63) is 44.9 Å². The van der Waals surface area contributed by atoms with Crippen LogP contribution in [-0.4, -0.2) is 6.54 Å². The summed E-state index contributed by atoms with van der Waals surface area (Å²) in [4.78, 5) is 0. The maximum atomic E-state index is 3.77. The molecule has 0 saturated carbocycles. The average molecular weight is 319 g/mol. The van der Waals surface area contributed by atoms with Crippen LogP contribution >= 0.6 is 31.9 Å². The van der Waals surface area contributed by atoms with E-state index in [2.05, 4.69) is 68.9 Å². The molecule has 0 saturated heterocycles. The summed E-state index contributed by atoms with van der Waals surface area (Å²) in [5, 5.41) is 3.28. The third-order valence-corrected chi connectivity index (χ3v) is 2.86. The van der Waals surface area contributed by atoms with Gasteiger partial charge in [-0.15, -0.1) is 0 Å². The zero-order valence-corrected chi connectivity index (χ0v) is 11.3. The zero-order chi connectivity index (χ0) is 10.6. The van der Waals surface area contributed by atoms with Crippen LogP contribution in [0.2, 0.25) is 0 Å². The van der Waals surface area contributed by atoms with Crippen LogP contribution in [0.4, 0.5) is 0 Å². The van der Waals surface area contributed by atoms with Crippen molar-refractivity contribution in [2.24, 2.45) is 0 Å². The van der Waals surface area contributed by atoms with Crippen molar-refractivity contribution in [1.82, 2.24) is 5.32 Å². The second-order valence-electron chi connectivity index (χ2n) is 3.22. The number of halogens is 2. The van der Waals surface area contributed by atoms with Crippen molar-refractivity contribution in [1.29, 1.82) is 0 Å². The number of hydrogen-bond donors (Lipinski definition) is 1. The molecule has 0 aliphatic heterocycles. The van der Waals surface area contributed by atoms with E-state index in [1.165, 1.54) is 11.1 Å². The Balaban J connectivity index is 2.55. The van der Waals surface area contributed by atoms with Crippen LogP contribution in [0, 0.1) is 6.92 Å². The number of hydrogen-bond acceptors (Lipinski definition) is 1. The quantitative estimate of drug-likeness (QED) is 0.891. The van der Waals surface area contributed by atoms with Gasteiger partial charge in [-0.05, 0) is 24.1 Å². The van der Waals surface area contributed by atoms with Gasteiger partial charge in [0, 0.05) is 22.0 Å². The normalized spacial score (nSPS) is 10.2. The minimum Gasteiger partial charge on any atom is -0.308 e. The van der Waals surface area contributed by atoms with Crippen LogP contribution in [0.3, 0.4) is 0 Å². The predicted octanol–water partition coefficient (Wildman–Crippen LogP) is 3.76. The van der Waals surface area contributed by atoms with Gasteiger partial charge in [0.15, 0.2) is 0 Å². The number of benzene rings is 1. The average Bonchev–Trinajstić information content (AvgIpc) is 2.08. The highest BCUT2D eigenvalue weighted by Gasteiger charge is 1.99. The highest BCUT2D eigenvalue weighted by molar-refractivity contribution is 9.11. The molecule has 76 valence electrons. The van der Waals surface area contributed by atoms with Crippen LogP contribution in [0.1, 0.15) is 11.1 Å². The van der Waals surface area contributed by atoms with Gasteiger partial charge in [-0.25, -0.2) is 0 Å². The fraction of sp³-hybridized carbons (Fsp3) is 0.273. The van der Waals surface area contributed by atoms with Gasteiger partial charge in [-0.2, -0.15) is 0 Å². The van der Waals surface area contributed by atoms with Gasteiger partial charge < -0.3 is 5.32 Å². The molecule has 0 heterocycles. The molecule has 0 amide bonds. The summed E-state index contributed by atoms with van der Waals surface area (Å²) in [5.74, 6) is 0. The first-order valence-electron chi connectivity index (χ1n) is 4.38. The Morgan fingerprint density at radius 3 is 2.79 bits per heavy atom. The second kappa shape index (κ2) is 5.69. The Labute approximate surface area is 102 Å². The Morgan fingerprint density at radius 2 is 2.21 bits per heavy atom. The van der Waals surface area contributed by atoms with Gasteiger partial charge in [0.25, 0.3) is 0 Å². The van der Waals surface area contributed by atoms with E-state index in [1.54, 1.807) is 0 Å². The summed E-state index contributed by atoms with van der Waals surface area (Å²) in [6.07, 6.45) is 0. The van der Waals surface area contributed by atoms with Gasteiger partial charge in [-0.3, -0.25) is 0 Å². The Morgan fingerprint density at radius 1 is 1.50 bits per heavy atom. The Bertz CT molecular complexity index is 334. The third kappa shape index (κ3) is 3.95. The molecule has 1 aromatic rings. The van der Waals surface area contributed by atoms with Crippen molar-refractivity contribution < 1.29 is 0 Å². The van der Waals surface area contributed by atoms with Gasteiger partial charge >= 0.3 is 0 Å². The minimum absolute atomic E-state index is 0.792. The van der Waals surface area contributed by atoms with Gasteiger partial charge in [0.2, 0.25) is 0 Å². The first kappa shape index (κ1) is 12.0. The SMILES string of the molecule is C=C(Br)CNCc1ccc(C)cc1Br. The summed E-state index contributed by atoms with van der Waals surface area (Å²) in [5.41, 5.74) is 2.54. The first-order chi connectivity index (χ1) is 6.59. The molecule has 0 spiro atoms. The van der Waals surface area contributed by atoms with Crippen LogP contribution in [0.5, 0.6) is 0 Å². The summed E-state index contributed by atoms with van der Waals surface area (Å²) < 4.78 is 2.13. The maximum Gasteiger partial charge on any atom is 0.0268 e. The Hall–Kier alpha value is -0.120. The molecule has 0 unspecified atom stereocenters. The van der Waals surface area contributed by atoms with Crippen LogP contribution in [0.25, 0.3) is 0 Å². The van der Waals surface area contributed by atoms with E-state index in [0.717, 1.165) is 22.0 Å². The molecule has 0 fully saturated rings. The lowest BCUT2D eigenvalue weighted by Crippen LogP contribution is -2.14. The third-order valence-electron chi connectivity index (χ3n) is 1.84. The molecule has 0 aliphatic carbocycles. The van der Waals surface area contributed by atoms with E-state index in [1.807, 2.05) is 0 Å². The molecule has 0 radical (unpaired) electrons. The van der Waals surface area contributed by atoms with Crippen molar-refractivity contribution in [2.75, 3.05) is 6.54 Å². The van der Waals surface area contributed by atoms with E-state index in [-0.39, 0.29) is 0 Å². The summed E-state index contributed by atoms with van der Waals surface area (Å²) >= 11 is 6.85. The largest absolute Gasteiger partial charge is 0.308 e. The first-order valence-corrected chi connectivity index (χ1v) is 5.97. The van der Waals surface area contributed by atoms with Crippen LogP contribution in [0.15, 0.2) is 33.7 Å². The molecule has 0 aliphatic rings. The number of rotatable bonds is 4. The monoisotopic (exact) mass is 317 g/mol. The van der Waals surface area contributed by atoms with E-state index in [9.17, 15) is 0 Å². The lowest BCUT2D eigenvalue weighted by Gasteiger charge is -2.06. The van der Waals surface area contributed by atoms with Gasteiger partial charge in [-0.1, -0.05) is 50.6 Å². The Kier molecular flexibility index (Phi) is 4.85. The highest BCUT2D eigenvalue weighted by Crippen LogP contribution is 2.18. The predicted molar refractivity (Wildman–Crippen MR) is 68.7 cm³/mol. The lowest BCUT2D eigenvalue weighted by molar-refractivity contribution is 0.754. The summed E-state index contributed by atoms with van der Waals surface area (Å²) in [6.45, 7) is 7.50. The number of nitrogens with one attached hydrogen (secondary N) is 1. The molecule has 0 bridgehead atoms. The van der Waals surface area contributed by atoms with Crippen molar-refractivity contribution in [2.45, 2.75) is 13.5 Å². The van der Waals surface area contributed by atoms with E-state index < -0.39 is 0 Å². The molecule has 0 atom stereocenters. The molecular formula is C11H13Br2N. The summed E-state index contributed by atoms with van der Waals surface area (Å²) in [6, 6.07) is 6.37. The lowest BCUT2D eigenvalue weighted by atomic mass is 10.1.